The Morgan fingerprint density at radius 2 is 1.94 bits per heavy atom. The molecule has 3 aliphatic heterocycles. The Kier molecular flexibility index (Phi) is 5.65. The number of aliphatic hydroxyl groups excluding tert-OH is 1. The van der Waals surface area contributed by atoms with Crippen LogP contribution < -0.4 is 0 Å². The Labute approximate surface area is 187 Å². The van der Waals surface area contributed by atoms with E-state index < -0.39 is 0 Å². The van der Waals surface area contributed by atoms with Crippen LogP contribution in [0.5, 0.6) is 0 Å². The molecule has 4 heterocycles. The molecule has 2 aromatic rings. The second-order valence-electron chi connectivity index (χ2n) is 8.70. The quantitative estimate of drug-likeness (QED) is 0.777. The Morgan fingerprint density at radius 1 is 1.12 bits per heavy atom. The molecule has 1 aromatic carbocycles. The van der Waals surface area contributed by atoms with Crippen molar-refractivity contribution in [2.45, 2.75) is 32.6 Å². The molecule has 3 aliphatic rings. The van der Waals surface area contributed by atoms with E-state index in [0.717, 1.165) is 55.4 Å². The lowest BCUT2D eigenvalue weighted by Gasteiger charge is -2.38. The van der Waals surface area contributed by atoms with E-state index >= 15 is 4.39 Å². The number of benzene rings is 1. The summed E-state index contributed by atoms with van der Waals surface area (Å²) >= 11 is 0. The number of β-amino-alcohol motifs (C(OH)–C–C–N with tert-alkyl or cyclic N) is 1. The number of fused-ring (bicyclic) bond motifs is 2. The van der Waals surface area contributed by atoms with E-state index in [2.05, 4.69) is 27.0 Å². The fourth-order valence-corrected chi connectivity index (χ4v) is 4.88. The van der Waals surface area contributed by atoms with Gasteiger partial charge in [0, 0.05) is 22.6 Å². The predicted octanol–water partition coefficient (Wildman–Crippen LogP) is 3.15. The number of hydrogen-bond donors (Lipinski definition) is 1. The molecule has 0 radical (unpaired) electrons. The van der Waals surface area contributed by atoms with Crippen LogP contribution in [0.4, 0.5) is 4.39 Å². The third-order valence-electron chi connectivity index (χ3n) is 6.64. The molecule has 0 unspecified atom stereocenters. The molecule has 7 nitrogen and oxygen atoms in total. The standard InChI is InChI=1S/C24H29FN6O/c1-3-29-8-6-17(7-9-29)21-14-19-20(25)12-18(13-22(19)28-27-21)23-4-5-24-26-16(2)15-31(24)30(23)10-11-32/h4-5,12-14,17,32H,3,6-11,15H2,1-2H3. The zero-order valence-corrected chi connectivity index (χ0v) is 18.6. The summed E-state index contributed by atoms with van der Waals surface area (Å²) in [6.07, 6.45) is 5.91. The maximum Gasteiger partial charge on any atom is 0.147 e. The van der Waals surface area contributed by atoms with Gasteiger partial charge in [0.15, 0.2) is 0 Å². The largest absolute Gasteiger partial charge is 0.394 e. The van der Waals surface area contributed by atoms with Gasteiger partial charge in [-0.25, -0.2) is 9.38 Å². The minimum Gasteiger partial charge on any atom is -0.394 e. The summed E-state index contributed by atoms with van der Waals surface area (Å²) in [5, 5.41) is 23.0. The summed E-state index contributed by atoms with van der Waals surface area (Å²) in [6, 6.07) is 5.32. The summed E-state index contributed by atoms with van der Waals surface area (Å²) in [4.78, 5) is 6.97. The summed E-state index contributed by atoms with van der Waals surface area (Å²) < 4.78 is 15.3. The van der Waals surface area contributed by atoms with Crippen LogP contribution in [0.25, 0.3) is 16.6 Å². The second kappa shape index (κ2) is 8.60. The lowest BCUT2D eigenvalue weighted by Crippen LogP contribution is -2.42. The van der Waals surface area contributed by atoms with Crippen LogP contribution in [0.15, 0.2) is 41.2 Å². The van der Waals surface area contributed by atoms with Crippen molar-refractivity contribution in [1.82, 2.24) is 25.1 Å². The van der Waals surface area contributed by atoms with Crippen molar-refractivity contribution >= 4 is 22.3 Å². The first-order valence-corrected chi connectivity index (χ1v) is 11.4. The minimum atomic E-state index is -0.298. The van der Waals surface area contributed by atoms with Crippen LogP contribution in [0.3, 0.4) is 0 Å². The van der Waals surface area contributed by atoms with Crippen molar-refractivity contribution in [1.29, 1.82) is 0 Å². The number of halogens is 1. The molecule has 8 heteroatoms. The number of hydrogen-bond acceptors (Lipinski definition) is 7. The number of aliphatic imine (C=N–C) groups is 1. The molecule has 1 fully saturated rings. The molecule has 5 rings (SSSR count). The topological polar surface area (TPSA) is 68.1 Å². The van der Waals surface area contributed by atoms with Crippen molar-refractivity contribution in [3.8, 4) is 0 Å². The molecule has 168 valence electrons. The highest BCUT2D eigenvalue weighted by Crippen LogP contribution is 2.34. The molecule has 32 heavy (non-hydrogen) atoms. The molecular weight excluding hydrogens is 407 g/mol. The van der Waals surface area contributed by atoms with Gasteiger partial charge in [0.2, 0.25) is 0 Å². The lowest BCUT2D eigenvalue weighted by molar-refractivity contribution is 0.0734. The van der Waals surface area contributed by atoms with Gasteiger partial charge in [-0.2, -0.15) is 10.2 Å². The first-order chi connectivity index (χ1) is 15.6. The van der Waals surface area contributed by atoms with E-state index in [4.69, 9.17) is 0 Å². The Hall–Kier alpha value is -2.84. The lowest BCUT2D eigenvalue weighted by atomic mass is 9.92. The van der Waals surface area contributed by atoms with Gasteiger partial charge in [0.25, 0.3) is 0 Å². The van der Waals surface area contributed by atoms with E-state index in [9.17, 15) is 5.11 Å². The third kappa shape index (κ3) is 3.78. The van der Waals surface area contributed by atoms with E-state index in [1.807, 2.05) is 41.2 Å². The molecule has 1 aromatic heterocycles. The number of hydrazine groups is 1. The first-order valence-electron chi connectivity index (χ1n) is 11.4. The van der Waals surface area contributed by atoms with E-state index in [0.29, 0.717) is 35.5 Å². The summed E-state index contributed by atoms with van der Waals surface area (Å²) in [5.74, 6) is 0.865. The monoisotopic (exact) mass is 436 g/mol. The average Bonchev–Trinajstić information content (AvgIpc) is 3.20. The number of allylic oxidation sites excluding steroid dienone is 2. The van der Waals surface area contributed by atoms with Crippen LogP contribution in [0.1, 0.15) is 43.9 Å². The minimum absolute atomic E-state index is 0.0176. The van der Waals surface area contributed by atoms with Gasteiger partial charge in [0.1, 0.15) is 11.6 Å². The highest BCUT2D eigenvalue weighted by Gasteiger charge is 2.29. The Balaban J connectivity index is 1.47. The molecule has 1 saturated heterocycles. The first kappa shape index (κ1) is 21.0. The van der Waals surface area contributed by atoms with Crippen molar-refractivity contribution in [3.63, 3.8) is 0 Å². The van der Waals surface area contributed by atoms with Gasteiger partial charge in [0.05, 0.1) is 36.6 Å². The van der Waals surface area contributed by atoms with Crippen LogP contribution in [0, 0.1) is 5.82 Å². The molecule has 0 atom stereocenters. The zero-order valence-electron chi connectivity index (χ0n) is 18.6. The number of likely N-dealkylation sites (tertiary alicyclic amines) is 1. The van der Waals surface area contributed by atoms with Crippen molar-refractivity contribution in [2.75, 3.05) is 39.3 Å². The highest BCUT2D eigenvalue weighted by atomic mass is 19.1. The molecule has 0 amide bonds. The molecule has 0 saturated carbocycles. The van der Waals surface area contributed by atoms with E-state index in [-0.39, 0.29) is 12.4 Å². The maximum absolute atomic E-state index is 15.3. The van der Waals surface area contributed by atoms with Gasteiger partial charge in [-0.3, -0.25) is 10.0 Å². The second-order valence-corrected chi connectivity index (χ2v) is 8.70. The van der Waals surface area contributed by atoms with Gasteiger partial charge < -0.3 is 10.0 Å². The van der Waals surface area contributed by atoms with Crippen LogP contribution in [-0.2, 0) is 0 Å². The number of aromatic nitrogens is 2. The third-order valence-corrected chi connectivity index (χ3v) is 6.64. The Morgan fingerprint density at radius 3 is 2.69 bits per heavy atom. The average molecular weight is 437 g/mol. The Bertz CT molecular complexity index is 1120. The smallest absolute Gasteiger partial charge is 0.147 e. The molecule has 0 aliphatic carbocycles. The molecule has 0 bridgehead atoms. The fraction of sp³-hybridized carbons (Fsp3) is 0.458. The molecule has 1 N–H and O–H groups in total. The maximum atomic E-state index is 15.3. The van der Waals surface area contributed by atoms with Crippen LogP contribution in [0.2, 0.25) is 0 Å². The van der Waals surface area contributed by atoms with Crippen LogP contribution >= 0.6 is 0 Å². The summed E-state index contributed by atoms with van der Waals surface area (Å²) in [7, 11) is 0. The fourth-order valence-electron chi connectivity index (χ4n) is 4.88. The predicted molar refractivity (Wildman–Crippen MR) is 123 cm³/mol. The summed E-state index contributed by atoms with van der Waals surface area (Å²) in [5.41, 5.74) is 3.95. The van der Waals surface area contributed by atoms with E-state index in [1.54, 1.807) is 6.07 Å². The number of nitrogens with zero attached hydrogens (tertiary/aromatic N) is 6. The van der Waals surface area contributed by atoms with Gasteiger partial charge >= 0.3 is 0 Å². The number of aliphatic hydroxyl groups is 1. The molecular formula is C24H29FN6O. The van der Waals surface area contributed by atoms with Gasteiger partial charge in [-0.05, 0) is 69.8 Å². The normalized spacial score (nSPS) is 19.8. The number of piperidine rings is 1. The van der Waals surface area contributed by atoms with Gasteiger partial charge in [-0.15, -0.1) is 0 Å². The van der Waals surface area contributed by atoms with Crippen molar-refractivity contribution in [3.05, 3.63) is 53.2 Å². The zero-order chi connectivity index (χ0) is 22.2. The SMILES string of the molecule is CCN1CCC(c2cc3c(F)cc(C4=CC=C5N=C(C)CN5N4CCO)cc3nn2)CC1. The van der Waals surface area contributed by atoms with Gasteiger partial charge in [-0.1, -0.05) is 6.92 Å². The highest BCUT2D eigenvalue weighted by molar-refractivity contribution is 5.88. The van der Waals surface area contributed by atoms with Crippen molar-refractivity contribution in [2.24, 2.45) is 4.99 Å². The van der Waals surface area contributed by atoms with E-state index in [1.165, 1.54) is 0 Å². The summed E-state index contributed by atoms with van der Waals surface area (Å²) in [6.45, 7) is 8.35. The van der Waals surface area contributed by atoms with Crippen LogP contribution in [-0.4, -0.2) is 75.3 Å². The molecule has 0 spiro atoms. The van der Waals surface area contributed by atoms with Crippen molar-refractivity contribution < 1.29 is 9.50 Å². The number of rotatable bonds is 5.